The van der Waals surface area contributed by atoms with E-state index in [9.17, 15) is 19.2 Å². The highest BCUT2D eigenvalue weighted by Crippen LogP contribution is 2.30. The summed E-state index contributed by atoms with van der Waals surface area (Å²) in [5, 5.41) is 5.43. The van der Waals surface area contributed by atoms with Crippen LogP contribution in [0.15, 0.2) is 83.5 Å². The first-order valence-electron chi connectivity index (χ1n) is 11.6. The van der Waals surface area contributed by atoms with Crippen molar-refractivity contribution < 1.29 is 23.9 Å². The zero-order chi connectivity index (χ0) is 26.5. The molecule has 0 fully saturated rings. The summed E-state index contributed by atoms with van der Waals surface area (Å²) in [5.41, 5.74) is 3.13. The van der Waals surface area contributed by atoms with Crippen LogP contribution >= 0.6 is 11.6 Å². The van der Waals surface area contributed by atoms with Crippen LogP contribution in [0.4, 0.5) is 17.1 Å². The fourth-order valence-electron chi connectivity index (χ4n) is 3.56. The first-order chi connectivity index (χ1) is 17.8. The first-order valence-corrected chi connectivity index (χ1v) is 12.0. The second-order valence-corrected chi connectivity index (χ2v) is 8.72. The highest BCUT2D eigenvalue weighted by molar-refractivity contribution is 6.53. The molecule has 0 radical (unpaired) electrons. The number of anilines is 3. The van der Waals surface area contributed by atoms with E-state index in [4.69, 9.17) is 16.3 Å². The molecule has 0 aliphatic carbocycles. The number of carbonyl (C=O) groups is 4. The number of aryl methyl sites for hydroxylation is 1. The number of halogens is 1. The van der Waals surface area contributed by atoms with Crippen molar-refractivity contribution in [3.8, 4) is 0 Å². The molecule has 1 heterocycles. The second kappa shape index (κ2) is 11.1. The van der Waals surface area contributed by atoms with Gasteiger partial charge in [0.25, 0.3) is 17.7 Å². The molecule has 0 bridgehead atoms. The molecule has 8 nitrogen and oxygen atoms in total. The van der Waals surface area contributed by atoms with E-state index >= 15 is 0 Å². The van der Waals surface area contributed by atoms with Crippen LogP contribution in [0.3, 0.4) is 0 Å². The zero-order valence-electron chi connectivity index (χ0n) is 20.2. The smallest absolute Gasteiger partial charge is 0.338 e. The predicted molar refractivity (Wildman–Crippen MR) is 142 cm³/mol. The van der Waals surface area contributed by atoms with Gasteiger partial charge < -0.3 is 15.4 Å². The topological polar surface area (TPSA) is 105 Å². The van der Waals surface area contributed by atoms with Crippen molar-refractivity contribution in [2.45, 2.75) is 20.3 Å². The van der Waals surface area contributed by atoms with Crippen LogP contribution in [-0.2, 0) is 14.3 Å². The third-order valence-electron chi connectivity index (χ3n) is 5.55. The highest BCUT2D eigenvalue weighted by atomic mass is 35.5. The summed E-state index contributed by atoms with van der Waals surface area (Å²) in [7, 11) is 0. The summed E-state index contributed by atoms with van der Waals surface area (Å²) >= 11 is 6.21. The van der Waals surface area contributed by atoms with Crippen molar-refractivity contribution in [3.05, 3.63) is 100 Å². The van der Waals surface area contributed by atoms with E-state index in [0.717, 1.165) is 10.5 Å². The van der Waals surface area contributed by atoms with E-state index in [1.807, 2.05) is 38.1 Å². The Hall–Kier alpha value is -4.43. The maximum absolute atomic E-state index is 13.0. The Morgan fingerprint density at radius 1 is 0.838 bits per heavy atom. The van der Waals surface area contributed by atoms with E-state index in [2.05, 4.69) is 10.6 Å². The molecular formula is C28H24ClN3O5. The van der Waals surface area contributed by atoms with Crippen LogP contribution in [0.5, 0.6) is 0 Å². The summed E-state index contributed by atoms with van der Waals surface area (Å²) in [5.74, 6) is -2.10. The standard InChI is InChI=1S/C28H24ClN3O5/c1-3-16-37-28(36)19-8-14-22(15-9-19)32-26(34)23(29)24(27(32)35)30-20-12-6-18(7-13-20)25(33)31-21-10-4-17(2)5-11-21/h4-15,30H,3,16H2,1-2H3,(H,31,33). The minimum Gasteiger partial charge on any atom is -0.462 e. The van der Waals surface area contributed by atoms with Gasteiger partial charge >= 0.3 is 5.97 Å². The van der Waals surface area contributed by atoms with Crippen molar-refractivity contribution in [1.82, 2.24) is 0 Å². The molecule has 3 aromatic rings. The number of esters is 1. The van der Waals surface area contributed by atoms with E-state index in [0.29, 0.717) is 35.5 Å². The number of nitrogens with one attached hydrogen (secondary N) is 2. The van der Waals surface area contributed by atoms with Crippen molar-refractivity contribution in [2.24, 2.45) is 0 Å². The predicted octanol–water partition coefficient (Wildman–Crippen LogP) is 5.25. The third-order valence-corrected chi connectivity index (χ3v) is 5.90. The molecular weight excluding hydrogens is 494 g/mol. The summed E-state index contributed by atoms with van der Waals surface area (Å²) in [6.45, 7) is 4.15. The van der Waals surface area contributed by atoms with E-state index in [-0.39, 0.29) is 22.3 Å². The van der Waals surface area contributed by atoms with Crippen LogP contribution < -0.4 is 15.5 Å². The van der Waals surface area contributed by atoms with Gasteiger partial charge in [0.1, 0.15) is 10.7 Å². The number of hydrogen-bond acceptors (Lipinski definition) is 6. The summed E-state index contributed by atoms with van der Waals surface area (Å²) in [6, 6.07) is 19.8. The van der Waals surface area contributed by atoms with Crippen LogP contribution in [0.25, 0.3) is 0 Å². The number of nitrogens with zero attached hydrogens (tertiary/aromatic N) is 1. The molecule has 1 aliphatic heterocycles. The molecule has 0 saturated carbocycles. The molecule has 0 unspecified atom stereocenters. The first kappa shape index (κ1) is 25.7. The quantitative estimate of drug-likeness (QED) is 0.312. The van der Waals surface area contributed by atoms with E-state index in [1.165, 1.54) is 24.3 Å². The fraction of sp³-hybridized carbons (Fsp3) is 0.143. The minimum atomic E-state index is -0.690. The Labute approximate surface area is 218 Å². The molecule has 9 heteroatoms. The lowest BCUT2D eigenvalue weighted by Gasteiger charge is -2.15. The molecule has 3 amide bonds. The average molecular weight is 518 g/mol. The zero-order valence-corrected chi connectivity index (χ0v) is 21.0. The van der Waals surface area contributed by atoms with Gasteiger partial charge in [-0.3, -0.25) is 14.4 Å². The van der Waals surface area contributed by atoms with Crippen LogP contribution in [0.1, 0.15) is 39.6 Å². The van der Waals surface area contributed by atoms with Crippen molar-refractivity contribution in [2.75, 3.05) is 22.1 Å². The number of carbonyl (C=O) groups excluding carboxylic acids is 4. The van der Waals surface area contributed by atoms with Crippen molar-refractivity contribution in [1.29, 1.82) is 0 Å². The number of amides is 3. The Bertz CT molecular complexity index is 1380. The van der Waals surface area contributed by atoms with Gasteiger partial charge in [0.2, 0.25) is 0 Å². The van der Waals surface area contributed by atoms with E-state index in [1.54, 1.807) is 24.3 Å². The van der Waals surface area contributed by atoms with Crippen LogP contribution in [0.2, 0.25) is 0 Å². The fourth-order valence-corrected chi connectivity index (χ4v) is 3.77. The molecule has 0 atom stereocenters. The second-order valence-electron chi connectivity index (χ2n) is 8.34. The highest BCUT2D eigenvalue weighted by Gasteiger charge is 2.39. The van der Waals surface area contributed by atoms with Crippen LogP contribution in [-0.4, -0.2) is 30.3 Å². The lowest BCUT2D eigenvalue weighted by molar-refractivity contribution is -0.120. The Kier molecular flexibility index (Phi) is 7.69. The van der Waals surface area contributed by atoms with Gasteiger partial charge in [-0.15, -0.1) is 0 Å². The van der Waals surface area contributed by atoms with Gasteiger partial charge in [-0.1, -0.05) is 36.2 Å². The largest absolute Gasteiger partial charge is 0.462 e. The molecule has 4 rings (SSSR count). The lowest BCUT2D eigenvalue weighted by atomic mass is 10.1. The van der Waals surface area contributed by atoms with E-state index < -0.39 is 17.8 Å². The number of ether oxygens (including phenoxy) is 1. The molecule has 0 saturated heterocycles. The van der Waals surface area contributed by atoms with Gasteiger partial charge in [-0.2, -0.15) is 0 Å². The molecule has 0 spiro atoms. The molecule has 1 aliphatic rings. The summed E-state index contributed by atoms with van der Waals surface area (Å²) in [4.78, 5) is 51.2. The SMILES string of the molecule is CCCOC(=O)c1ccc(N2C(=O)C(Cl)=C(Nc3ccc(C(=O)Nc4ccc(C)cc4)cc3)C2=O)cc1. The van der Waals surface area contributed by atoms with Gasteiger partial charge in [-0.25, -0.2) is 9.69 Å². The average Bonchev–Trinajstić information content (AvgIpc) is 3.12. The maximum Gasteiger partial charge on any atom is 0.338 e. The summed E-state index contributed by atoms with van der Waals surface area (Å²) in [6.07, 6.45) is 0.698. The Balaban J connectivity index is 1.43. The van der Waals surface area contributed by atoms with Gasteiger partial charge in [-0.05, 0) is 74.0 Å². The Morgan fingerprint density at radius 2 is 1.43 bits per heavy atom. The Morgan fingerprint density at radius 3 is 2.05 bits per heavy atom. The normalized spacial score (nSPS) is 13.1. The van der Waals surface area contributed by atoms with Crippen molar-refractivity contribution >= 4 is 52.4 Å². The summed E-state index contributed by atoms with van der Waals surface area (Å²) < 4.78 is 5.09. The van der Waals surface area contributed by atoms with Gasteiger partial charge in [0, 0.05) is 16.9 Å². The van der Waals surface area contributed by atoms with Gasteiger partial charge in [0.05, 0.1) is 17.9 Å². The monoisotopic (exact) mass is 517 g/mol. The number of rotatable bonds is 8. The molecule has 37 heavy (non-hydrogen) atoms. The third kappa shape index (κ3) is 5.70. The number of hydrogen-bond donors (Lipinski definition) is 2. The molecule has 0 aromatic heterocycles. The lowest BCUT2D eigenvalue weighted by Crippen LogP contribution is -2.32. The number of imide groups is 1. The molecule has 3 aromatic carbocycles. The molecule has 188 valence electrons. The van der Waals surface area contributed by atoms with Crippen molar-refractivity contribution in [3.63, 3.8) is 0 Å². The minimum absolute atomic E-state index is 0.0880. The number of benzene rings is 3. The maximum atomic E-state index is 13.0. The van der Waals surface area contributed by atoms with Gasteiger partial charge in [0.15, 0.2) is 0 Å². The van der Waals surface area contributed by atoms with Crippen LogP contribution in [0, 0.1) is 6.92 Å². The molecule has 2 N–H and O–H groups in total.